The van der Waals surface area contributed by atoms with E-state index in [1.54, 1.807) is 72.2 Å². The van der Waals surface area contributed by atoms with Gasteiger partial charge in [-0.25, -0.2) is 8.42 Å². The topological polar surface area (TPSA) is 224 Å². The molecule has 6 rings (SSSR count). The number of pyridine rings is 2. The quantitative estimate of drug-likeness (QED) is 0.0441. The zero-order valence-corrected chi connectivity index (χ0v) is 35.6. The van der Waals surface area contributed by atoms with Crippen LogP contribution in [0, 0.1) is 13.8 Å². The third kappa shape index (κ3) is 12.3. The van der Waals surface area contributed by atoms with Gasteiger partial charge < -0.3 is 25.6 Å². The number of ether oxygens (including phenoxy) is 1. The van der Waals surface area contributed by atoms with Gasteiger partial charge in [0, 0.05) is 56.0 Å². The molecule has 18 nitrogen and oxygen atoms in total. The standard InChI is InChI=1S/C43H52N10O8S/c1-30-12-17-36(62(59,60)50-35-15-13-34(14-16-35)48-49-42(57)41(56)45-19-8-21-51-23-25-61-26-24-51)31(2)39(30)47-38(54)29-52-20-7-10-33(28-52)43(58)53-22-5-3-4-11-37(53)46-40(55)32-9-6-18-44-27-32/h6-7,9-10,12-18,20,27-28,37H,3-5,8,11,19,21-26,29H2,1-2H3,(H5-,45,46,47,48,49,50,54,55,56,57)/p+1. The first-order valence-corrected chi connectivity index (χ1v) is 22.0. The lowest BCUT2D eigenvalue weighted by molar-refractivity contribution is -0.684. The molecule has 4 aromatic rings. The van der Waals surface area contributed by atoms with Crippen molar-refractivity contribution < 1.29 is 41.7 Å². The van der Waals surface area contributed by atoms with Crippen LogP contribution in [0.25, 0.3) is 0 Å². The van der Waals surface area contributed by atoms with Crippen LogP contribution in [0.15, 0.2) is 90.3 Å². The number of rotatable bonds is 15. The number of hydrogen-bond acceptors (Lipinski definition) is 11. The summed E-state index contributed by atoms with van der Waals surface area (Å²) in [4.78, 5) is 72.7. The molecule has 2 saturated heterocycles. The Balaban J connectivity index is 1.02. The van der Waals surface area contributed by atoms with E-state index >= 15 is 0 Å². The Hall–Kier alpha value is -6.44. The number of nitrogens with zero attached hydrogens (tertiary/aromatic N) is 4. The highest BCUT2D eigenvalue weighted by molar-refractivity contribution is 7.92. The first-order valence-electron chi connectivity index (χ1n) is 20.6. The van der Waals surface area contributed by atoms with Crippen LogP contribution in [0.4, 0.5) is 17.1 Å². The molecule has 2 aliphatic rings. The smallest absolute Gasteiger partial charge is 0.327 e. The van der Waals surface area contributed by atoms with E-state index in [1.807, 2.05) is 0 Å². The number of anilines is 3. The maximum atomic E-state index is 13.9. The molecule has 1 unspecified atom stereocenters. The van der Waals surface area contributed by atoms with E-state index in [0.717, 1.165) is 38.9 Å². The summed E-state index contributed by atoms with van der Waals surface area (Å²) in [6, 6.07) is 15.8. The summed E-state index contributed by atoms with van der Waals surface area (Å²) in [6.45, 7) is 7.85. The van der Waals surface area contributed by atoms with Crippen LogP contribution < -0.4 is 36.1 Å². The van der Waals surface area contributed by atoms with Gasteiger partial charge in [0.1, 0.15) is 11.7 Å². The van der Waals surface area contributed by atoms with E-state index in [2.05, 4.69) is 41.4 Å². The molecule has 0 radical (unpaired) electrons. The molecule has 2 aromatic heterocycles. The first kappa shape index (κ1) is 45.1. The van der Waals surface area contributed by atoms with Crippen molar-refractivity contribution in [1.29, 1.82) is 0 Å². The molecule has 62 heavy (non-hydrogen) atoms. The average molecular weight is 870 g/mol. The SMILES string of the molecule is Cc1ccc(S(=O)(=O)Nc2ccc(NNC(=O)C(=O)NCCCN3CCOCC3)cc2)c(C)c1NC(=O)C[n+]1cccc(C(=O)N2CCCCCC2NC(=O)c2cccnc2)c1. The Labute approximate surface area is 360 Å². The van der Waals surface area contributed by atoms with Crippen molar-refractivity contribution in [1.82, 2.24) is 30.8 Å². The maximum Gasteiger partial charge on any atom is 0.327 e. The lowest BCUT2D eigenvalue weighted by atomic mass is 10.1. The number of carbonyl (C=O) groups is 5. The van der Waals surface area contributed by atoms with E-state index < -0.39 is 33.9 Å². The molecule has 4 heterocycles. The van der Waals surface area contributed by atoms with Gasteiger partial charge in [-0.1, -0.05) is 12.5 Å². The number of morpholine rings is 1. The van der Waals surface area contributed by atoms with Gasteiger partial charge in [-0.3, -0.25) is 49.4 Å². The molecule has 2 aliphatic heterocycles. The average Bonchev–Trinajstić information content (AvgIpc) is 3.51. The summed E-state index contributed by atoms with van der Waals surface area (Å²) in [5.41, 5.74) is 7.66. The Morgan fingerprint density at radius 1 is 0.871 bits per heavy atom. The third-order valence-electron chi connectivity index (χ3n) is 10.5. The van der Waals surface area contributed by atoms with E-state index in [4.69, 9.17) is 4.74 Å². The number of hydrogen-bond donors (Lipinski definition) is 6. The van der Waals surface area contributed by atoms with Gasteiger partial charge in [0.05, 0.1) is 29.4 Å². The van der Waals surface area contributed by atoms with Crippen molar-refractivity contribution in [3.8, 4) is 0 Å². The molecule has 2 aromatic carbocycles. The van der Waals surface area contributed by atoms with E-state index in [9.17, 15) is 32.4 Å². The van der Waals surface area contributed by atoms with Gasteiger partial charge in [-0.2, -0.15) is 4.57 Å². The van der Waals surface area contributed by atoms with Gasteiger partial charge in [0.15, 0.2) is 12.4 Å². The van der Waals surface area contributed by atoms with Crippen LogP contribution in [0.5, 0.6) is 0 Å². The summed E-state index contributed by atoms with van der Waals surface area (Å²) >= 11 is 0. The fraction of sp³-hybridized carbons (Fsp3) is 0.372. The lowest BCUT2D eigenvalue weighted by Crippen LogP contribution is -2.51. The molecule has 0 aliphatic carbocycles. The second-order valence-corrected chi connectivity index (χ2v) is 16.7. The fourth-order valence-electron chi connectivity index (χ4n) is 7.23. The molecule has 0 bridgehead atoms. The van der Waals surface area contributed by atoms with E-state index in [-0.39, 0.29) is 28.9 Å². The molecule has 5 amide bonds. The van der Waals surface area contributed by atoms with Crippen LogP contribution >= 0.6 is 0 Å². The van der Waals surface area contributed by atoms with Crippen LogP contribution in [-0.4, -0.2) is 105 Å². The van der Waals surface area contributed by atoms with Gasteiger partial charge in [0.2, 0.25) is 6.54 Å². The molecule has 6 N–H and O–H groups in total. The number of sulfonamides is 1. The van der Waals surface area contributed by atoms with Crippen molar-refractivity contribution >= 4 is 56.6 Å². The molecular formula is C43H53N10O8S+. The maximum absolute atomic E-state index is 13.9. The lowest BCUT2D eigenvalue weighted by Gasteiger charge is -2.30. The van der Waals surface area contributed by atoms with Crippen molar-refractivity contribution in [3.63, 3.8) is 0 Å². The van der Waals surface area contributed by atoms with Crippen LogP contribution in [0.3, 0.4) is 0 Å². The van der Waals surface area contributed by atoms with Crippen molar-refractivity contribution in [2.24, 2.45) is 0 Å². The predicted molar refractivity (Wildman–Crippen MR) is 230 cm³/mol. The van der Waals surface area contributed by atoms with Gasteiger partial charge in [-0.15, -0.1) is 0 Å². The van der Waals surface area contributed by atoms with Gasteiger partial charge in [-0.05, 0) is 106 Å². The Morgan fingerprint density at radius 2 is 1.63 bits per heavy atom. The zero-order chi connectivity index (χ0) is 44.1. The highest BCUT2D eigenvalue weighted by atomic mass is 32.2. The largest absolute Gasteiger partial charge is 0.379 e. The minimum atomic E-state index is -4.13. The number of amides is 5. The first-order chi connectivity index (χ1) is 29.9. The molecule has 2 fully saturated rings. The summed E-state index contributed by atoms with van der Waals surface area (Å²) in [5, 5.41) is 8.45. The fourth-order valence-corrected chi connectivity index (χ4v) is 8.54. The second-order valence-electron chi connectivity index (χ2n) is 15.1. The Kier molecular flexibility index (Phi) is 15.6. The second kappa shape index (κ2) is 21.4. The third-order valence-corrected chi connectivity index (χ3v) is 12.1. The number of likely N-dealkylation sites (tertiary alicyclic amines) is 1. The molecule has 0 saturated carbocycles. The van der Waals surface area contributed by atoms with E-state index in [0.29, 0.717) is 72.8 Å². The number of aromatic nitrogens is 2. The van der Waals surface area contributed by atoms with Gasteiger partial charge >= 0.3 is 11.8 Å². The molecule has 328 valence electrons. The monoisotopic (exact) mass is 869 g/mol. The number of benzene rings is 2. The molecule has 1 atom stereocenters. The van der Waals surface area contributed by atoms with Crippen molar-refractivity contribution in [3.05, 3.63) is 108 Å². The minimum absolute atomic E-state index is 0.0494. The number of carbonyl (C=O) groups excluding carboxylic acids is 5. The van der Waals surface area contributed by atoms with Crippen LogP contribution in [0.1, 0.15) is 63.9 Å². The zero-order valence-electron chi connectivity index (χ0n) is 34.8. The summed E-state index contributed by atoms with van der Waals surface area (Å²) in [5.74, 6) is -2.69. The highest BCUT2D eigenvalue weighted by Gasteiger charge is 2.30. The molecular weight excluding hydrogens is 817 g/mol. The normalized spacial score (nSPS) is 15.7. The van der Waals surface area contributed by atoms with Crippen molar-refractivity contribution in [2.45, 2.75) is 63.6 Å². The van der Waals surface area contributed by atoms with Crippen molar-refractivity contribution in [2.75, 3.05) is 61.4 Å². The Bertz CT molecular complexity index is 2340. The summed E-state index contributed by atoms with van der Waals surface area (Å²) in [6.07, 6.45) is 9.63. The number of aryl methyl sites for hydroxylation is 1. The molecule has 19 heteroatoms. The number of nitrogens with one attached hydrogen (secondary N) is 6. The highest BCUT2D eigenvalue weighted by Crippen LogP contribution is 2.29. The minimum Gasteiger partial charge on any atom is -0.379 e. The van der Waals surface area contributed by atoms with Crippen LogP contribution in [-0.2, 0) is 35.7 Å². The molecule has 0 spiro atoms. The Morgan fingerprint density at radius 3 is 2.39 bits per heavy atom. The van der Waals surface area contributed by atoms with Crippen LogP contribution in [0.2, 0.25) is 0 Å². The predicted octanol–water partition coefficient (Wildman–Crippen LogP) is 2.48. The van der Waals surface area contributed by atoms with Gasteiger partial charge in [0.25, 0.3) is 27.7 Å². The summed E-state index contributed by atoms with van der Waals surface area (Å²) < 4.78 is 36.7. The summed E-state index contributed by atoms with van der Waals surface area (Å²) in [7, 11) is -4.13. The van der Waals surface area contributed by atoms with E-state index in [1.165, 1.54) is 36.5 Å². The number of hydrazine groups is 1.